The van der Waals surface area contributed by atoms with Gasteiger partial charge < -0.3 is 4.74 Å². The molecule has 2 heterocycles. The van der Waals surface area contributed by atoms with Gasteiger partial charge in [-0.25, -0.2) is 18.7 Å². The maximum Gasteiger partial charge on any atom is 0.308 e. The van der Waals surface area contributed by atoms with E-state index in [1.54, 1.807) is 18.2 Å². The minimum Gasteiger partial charge on any atom is -0.350 e. The Morgan fingerprint density at radius 2 is 2.23 bits per heavy atom. The monoisotopic (exact) mass is 452 g/mol. The topological polar surface area (TPSA) is 104 Å². The third-order valence-electron chi connectivity index (χ3n) is 5.37. The maximum atomic E-state index is 12.8. The number of nitrogens with one attached hydrogen (secondary N) is 1. The Balaban J connectivity index is 1.79. The van der Waals surface area contributed by atoms with Crippen LogP contribution in [0.1, 0.15) is 38.2 Å². The molecule has 3 rings (SSSR count). The predicted molar refractivity (Wildman–Crippen MR) is 115 cm³/mol. The molecule has 0 bridgehead atoms. The number of sulfone groups is 1. The van der Waals surface area contributed by atoms with Crippen LogP contribution in [0.25, 0.3) is 10.2 Å². The molecule has 1 amide bonds. The lowest BCUT2D eigenvalue weighted by atomic mass is 10.1. The van der Waals surface area contributed by atoms with Crippen LogP contribution < -0.4 is 10.4 Å². The van der Waals surface area contributed by atoms with Gasteiger partial charge in [0.15, 0.2) is 20.9 Å². The number of hydrogen-bond acceptors (Lipinski definition) is 7. The van der Waals surface area contributed by atoms with Crippen molar-refractivity contribution in [3.05, 3.63) is 33.4 Å². The first kappa shape index (κ1) is 22.5. The summed E-state index contributed by atoms with van der Waals surface area (Å²) in [6.07, 6.45) is 8.14. The number of thiazole rings is 1. The molecular weight excluding hydrogens is 428 g/mol. The summed E-state index contributed by atoms with van der Waals surface area (Å²) in [5, 5.41) is 0. The van der Waals surface area contributed by atoms with Crippen molar-refractivity contribution in [2.45, 2.75) is 50.2 Å². The summed E-state index contributed by atoms with van der Waals surface area (Å²) >= 11 is 1.02. The quantitative estimate of drug-likeness (QED) is 0.508. The first-order chi connectivity index (χ1) is 14.2. The average molecular weight is 453 g/mol. The number of nitrogens with zero attached hydrogens (tertiary/aromatic N) is 1. The number of aryl methyl sites for hydroxylation is 1. The highest BCUT2D eigenvalue weighted by Crippen LogP contribution is 2.25. The molecule has 10 heteroatoms. The van der Waals surface area contributed by atoms with Gasteiger partial charge in [0.2, 0.25) is 0 Å². The van der Waals surface area contributed by atoms with E-state index in [9.17, 15) is 18.0 Å². The van der Waals surface area contributed by atoms with E-state index in [0.717, 1.165) is 30.4 Å². The van der Waals surface area contributed by atoms with Crippen molar-refractivity contribution in [2.75, 3.05) is 12.9 Å². The van der Waals surface area contributed by atoms with Gasteiger partial charge in [-0.05, 0) is 44.4 Å². The van der Waals surface area contributed by atoms with E-state index in [1.807, 2.05) is 0 Å². The lowest BCUT2D eigenvalue weighted by Crippen LogP contribution is -2.51. The van der Waals surface area contributed by atoms with Crippen LogP contribution >= 0.6 is 11.3 Å². The van der Waals surface area contributed by atoms with Crippen molar-refractivity contribution in [3.63, 3.8) is 0 Å². The van der Waals surface area contributed by atoms with Gasteiger partial charge in [-0.15, -0.1) is 6.42 Å². The zero-order valence-electron chi connectivity index (χ0n) is 16.8. The second-order valence-corrected chi connectivity index (χ2v) is 10.9. The average Bonchev–Trinajstić information content (AvgIpc) is 3.04. The van der Waals surface area contributed by atoms with Gasteiger partial charge in [0.1, 0.15) is 0 Å². The van der Waals surface area contributed by atoms with Crippen LogP contribution in [0.2, 0.25) is 0 Å². The summed E-state index contributed by atoms with van der Waals surface area (Å²) in [7, 11) is -3.82. The highest BCUT2D eigenvalue weighted by molar-refractivity contribution is 7.92. The highest BCUT2D eigenvalue weighted by atomic mass is 32.2. The van der Waals surface area contributed by atoms with Crippen molar-refractivity contribution in [2.24, 2.45) is 0 Å². The molecule has 1 aromatic heterocycles. The van der Waals surface area contributed by atoms with E-state index in [-0.39, 0.29) is 17.8 Å². The summed E-state index contributed by atoms with van der Waals surface area (Å²) in [6.45, 7) is 1.91. The van der Waals surface area contributed by atoms with Gasteiger partial charge in [0, 0.05) is 31.4 Å². The molecule has 1 aliphatic rings. The number of fused-ring (bicyclic) bond motifs is 1. The van der Waals surface area contributed by atoms with E-state index in [1.165, 1.54) is 11.5 Å². The van der Waals surface area contributed by atoms with Gasteiger partial charge in [-0.3, -0.25) is 14.2 Å². The molecule has 0 radical (unpaired) electrons. The minimum absolute atomic E-state index is 0.0468. The van der Waals surface area contributed by atoms with E-state index in [4.69, 9.17) is 16.0 Å². The number of aromatic nitrogens is 1. The molecule has 0 saturated carbocycles. The van der Waals surface area contributed by atoms with Crippen LogP contribution in [-0.4, -0.2) is 42.8 Å². The number of hydrogen-bond donors (Lipinski definition) is 1. The zero-order chi connectivity index (χ0) is 21.9. The van der Waals surface area contributed by atoms with Crippen molar-refractivity contribution in [1.29, 1.82) is 0 Å². The van der Waals surface area contributed by atoms with Gasteiger partial charge in [0.25, 0.3) is 5.91 Å². The SMILES string of the molecule is C#Cc1ccc2c(c1)sc(=O)n2CCC(C)(C(=O)NOC1CCCCO1)S(C)(=O)=O. The van der Waals surface area contributed by atoms with Gasteiger partial charge >= 0.3 is 4.87 Å². The van der Waals surface area contributed by atoms with E-state index in [0.29, 0.717) is 28.8 Å². The van der Waals surface area contributed by atoms with Gasteiger partial charge in [-0.1, -0.05) is 17.3 Å². The summed E-state index contributed by atoms with van der Waals surface area (Å²) in [4.78, 5) is 30.2. The van der Waals surface area contributed by atoms with E-state index in [2.05, 4.69) is 11.4 Å². The number of benzene rings is 1. The first-order valence-electron chi connectivity index (χ1n) is 9.53. The van der Waals surface area contributed by atoms with Crippen molar-refractivity contribution in [3.8, 4) is 12.3 Å². The molecule has 30 heavy (non-hydrogen) atoms. The Bertz CT molecular complexity index is 1140. The van der Waals surface area contributed by atoms with Gasteiger partial charge in [-0.2, -0.15) is 0 Å². The standard InChI is InChI=1S/C20H24N2O6S2/c1-4-14-8-9-15-16(13-14)29-19(24)22(15)11-10-20(2,30(3,25)26)18(23)21-28-17-7-5-6-12-27-17/h1,8-9,13,17H,5-7,10-12H2,2-3H3,(H,21,23). The Morgan fingerprint density at radius 3 is 2.87 bits per heavy atom. The smallest absolute Gasteiger partial charge is 0.308 e. The van der Waals surface area contributed by atoms with Crippen molar-refractivity contribution in [1.82, 2.24) is 10.0 Å². The number of carbonyl (C=O) groups excluding carboxylic acids is 1. The normalized spacial score (nSPS) is 19.2. The zero-order valence-corrected chi connectivity index (χ0v) is 18.5. The molecule has 8 nitrogen and oxygen atoms in total. The number of amides is 1. The van der Waals surface area contributed by atoms with Gasteiger partial charge in [0.05, 0.1) is 10.2 Å². The third kappa shape index (κ3) is 4.59. The predicted octanol–water partition coefficient (Wildman–Crippen LogP) is 1.81. The van der Waals surface area contributed by atoms with Crippen molar-refractivity contribution < 1.29 is 22.8 Å². The maximum absolute atomic E-state index is 12.8. The molecule has 2 unspecified atom stereocenters. The van der Waals surface area contributed by atoms with E-state index < -0.39 is 26.8 Å². The lowest BCUT2D eigenvalue weighted by Gasteiger charge is -2.28. The Labute approximate surface area is 179 Å². The number of ether oxygens (including phenoxy) is 1. The summed E-state index contributed by atoms with van der Waals surface area (Å²) in [6, 6.07) is 5.17. The highest BCUT2D eigenvalue weighted by Gasteiger charge is 2.44. The fourth-order valence-corrected chi connectivity index (χ4v) is 4.99. The molecule has 1 fully saturated rings. The molecular formula is C20H24N2O6S2. The molecule has 1 aromatic carbocycles. The molecule has 1 N–H and O–H groups in total. The second-order valence-electron chi connectivity index (χ2n) is 7.44. The fourth-order valence-electron chi connectivity index (χ4n) is 3.19. The minimum atomic E-state index is -3.82. The largest absolute Gasteiger partial charge is 0.350 e. The number of rotatable bonds is 7. The Morgan fingerprint density at radius 1 is 1.47 bits per heavy atom. The Kier molecular flexibility index (Phi) is 6.67. The summed E-state index contributed by atoms with van der Waals surface area (Å²) < 4.78 is 30.7. The molecule has 2 atom stereocenters. The lowest BCUT2D eigenvalue weighted by molar-refractivity contribution is -0.201. The molecule has 0 spiro atoms. The number of carbonyl (C=O) groups is 1. The van der Waals surface area contributed by atoms with Crippen molar-refractivity contribution >= 4 is 37.3 Å². The van der Waals surface area contributed by atoms with Crippen LogP contribution in [-0.2, 0) is 30.8 Å². The fraction of sp³-hybridized carbons (Fsp3) is 0.500. The number of terminal acetylenes is 1. The van der Waals surface area contributed by atoms with E-state index >= 15 is 0 Å². The Hall–Kier alpha value is -2.19. The van der Waals surface area contributed by atoms with Crippen LogP contribution in [0, 0.1) is 12.3 Å². The van der Waals surface area contributed by atoms with Crippen LogP contribution in [0.5, 0.6) is 0 Å². The van der Waals surface area contributed by atoms with Crippen LogP contribution in [0.4, 0.5) is 0 Å². The van der Waals surface area contributed by atoms with Crippen LogP contribution in [0.15, 0.2) is 23.0 Å². The number of hydroxylamine groups is 1. The molecule has 1 saturated heterocycles. The molecule has 2 aromatic rings. The molecule has 0 aliphatic carbocycles. The van der Waals surface area contributed by atoms with Crippen LogP contribution in [0.3, 0.4) is 0 Å². The summed E-state index contributed by atoms with van der Waals surface area (Å²) in [5.74, 6) is 1.73. The molecule has 1 aliphatic heterocycles. The molecule has 162 valence electrons. The summed E-state index contributed by atoms with van der Waals surface area (Å²) in [5.41, 5.74) is 3.54. The third-order valence-corrected chi connectivity index (χ3v) is 8.34. The first-order valence-corrected chi connectivity index (χ1v) is 12.2. The second kappa shape index (κ2) is 8.89.